The Kier molecular flexibility index (Phi) is 4.78. The molecule has 0 spiro atoms. The van der Waals surface area contributed by atoms with E-state index in [9.17, 15) is 14.4 Å². The van der Waals surface area contributed by atoms with Gasteiger partial charge in [-0.05, 0) is 12.5 Å². The molecule has 3 rings (SSSR count). The fourth-order valence-electron chi connectivity index (χ4n) is 2.74. The number of aromatic amines is 2. The summed E-state index contributed by atoms with van der Waals surface area (Å²) >= 11 is 0. The van der Waals surface area contributed by atoms with Crippen molar-refractivity contribution in [2.45, 2.75) is 32.9 Å². The minimum Gasteiger partial charge on any atom is -0.347 e. The molecule has 3 N–H and O–H groups in total. The SMILES string of the molecule is CCCC(=O)c1cn(CC(=O)NCc2n[nH]c(=O)[nH]2)c2ccccc12. The third-order valence-electron chi connectivity index (χ3n) is 3.88. The molecule has 0 fully saturated rings. The van der Waals surface area contributed by atoms with E-state index < -0.39 is 5.69 Å². The molecule has 0 saturated carbocycles. The highest BCUT2D eigenvalue weighted by Gasteiger charge is 2.15. The predicted octanol–water partition coefficient (Wildman–Crippen LogP) is 1.35. The third kappa shape index (κ3) is 3.68. The molecule has 25 heavy (non-hydrogen) atoms. The molecule has 0 saturated heterocycles. The Balaban J connectivity index is 1.77. The number of amides is 1. The Bertz CT molecular complexity index is 966. The number of para-hydroxylation sites is 1. The van der Waals surface area contributed by atoms with E-state index >= 15 is 0 Å². The van der Waals surface area contributed by atoms with Crippen molar-refractivity contribution in [3.05, 3.63) is 52.3 Å². The number of benzene rings is 1. The Labute approximate surface area is 143 Å². The van der Waals surface area contributed by atoms with Gasteiger partial charge in [0.1, 0.15) is 12.4 Å². The molecule has 2 aromatic heterocycles. The smallest absolute Gasteiger partial charge is 0.340 e. The van der Waals surface area contributed by atoms with Crippen molar-refractivity contribution in [3.8, 4) is 0 Å². The van der Waals surface area contributed by atoms with Gasteiger partial charge in [0.15, 0.2) is 5.78 Å². The van der Waals surface area contributed by atoms with Crippen molar-refractivity contribution >= 4 is 22.6 Å². The van der Waals surface area contributed by atoms with E-state index in [2.05, 4.69) is 20.5 Å². The van der Waals surface area contributed by atoms with Gasteiger partial charge in [-0.3, -0.25) is 14.6 Å². The van der Waals surface area contributed by atoms with Crippen LogP contribution in [0.4, 0.5) is 0 Å². The van der Waals surface area contributed by atoms with E-state index in [0.29, 0.717) is 17.8 Å². The van der Waals surface area contributed by atoms with E-state index in [-0.39, 0.29) is 24.8 Å². The zero-order valence-corrected chi connectivity index (χ0v) is 13.8. The minimum atomic E-state index is -0.417. The van der Waals surface area contributed by atoms with Gasteiger partial charge in [0.05, 0.1) is 6.54 Å². The summed E-state index contributed by atoms with van der Waals surface area (Å²) in [6, 6.07) is 7.53. The van der Waals surface area contributed by atoms with Crippen LogP contribution < -0.4 is 11.0 Å². The number of hydrogen-bond donors (Lipinski definition) is 3. The highest BCUT2D eigenvalue weighted by molar-refractivity contribution is 6.08. The molecule has 8 heteroatoms. The first-order chi connectivity index (χ1) is 12.1. The van der Waals surface area contributed by atoms with Crippen LogP contribution in [0.5, 0.6) is 0 Å². The molecular formula is C17H19N5O3. The Morgan fingerprint density at radius 2 is 2.08 bits per heavy atom. The Morgan fingerprint density at radius 1 is 1.28 bits per heavy atom. The Morgan fingerprint density at radius 3 is 2.80 bits per heavy atom. The van der Waals surface area contributed by atoms with Gasteiger partial charge >= 0.3 is 5.69 Å². The second-order valence-corrected chi connectivity index (χ2v) is 5.76. The summed E-state index contributed by atoms with van der Waals surface area (Å²) < 4.78 is 1.76. The van der Waals surface area contributed by atoms with Crippen molar-refractivity contribution in [3.63, 3.8) is 0 Å². The molecule has 0 aliphatic carbocycles. The monoisotopic (exact) mass is 341 g/mol. The average Bonchev–Trinajstić information content (AvgIpc) is 3.17. The lowest BCUT2D eigenvalue weighted by Gasteiger charge is -2.05. The van der Waals surface area contributed by atoms with Gasteiger partial charge in [0.2, 0.25) is 5.91 Å². The number of aromatic nitrogens is 4. The number of hydrogen-bond acceptors (Lipinski definition) is 4. The summed E-state index contributed by atoms with van der Waals surface area (Å²) in [4.78, 5) is 37.9. The van der Waals surface area contributed by atoms with E-state index in [0.717, 1.165) is 17.3 Å². The molecule has 8 nitrogen and oxygen atoms in total. The standard InChI is InChI=1S/C17H19N5O3/c1-2-5-14(23)12-9-22(13-7-4-3-6-11(12)13)10-16(24)18-8-15-19-17(25)21-20-15/h3-4,6-7,9H,2,5,8,10H2,1H3,(H,18,24)(H2,19,20,21,25). The molecule has 3 aromatic rings. The van der Waals surface area contributed by atoms with Crippen LogP contribution in [0.3, 0.4) is 0 Å². The molecule has 2 heterocycles. The number of ketones is 1. The lowest BCUT2D eigenvalue weighted by Crippen LogP contribution is -2.27. The molecular weight excluding hydrogens is 322 g/mol. The van der Waals surface area contributed by atoms with Gasteiger partial charge in [-0.1, -0.05) is 25.1 Å². The number of fused-ring (bicyclic) bond motifs is 1. The normalized spacial score (nSPS) is 10.9. The molecule has 1 aromatic carbocycles. The number of Topliss-reactive ketones (excluding diaryl/α,β-unsaturated/α-hetero) is 1. The summed E-state index contributed by atoms with van der Waals surface area (Å²) in [6.07, 6.45) is 2.99. The molecule has 0 bridgehead atoms. The summed E-state index contributed by atoms with van der Waals surface area (Å²) in [7, 11) is 0. The number of carbonyl (C=O) groups is 2. The molecule has 130 valence electrons. The average molecular weight is 341 g/mol. The van der Waals surface area contributed by atoms with Gasteiger partial charge < -0.3 is 9.88 Å². The lowest BCUT2D eigenvalue weighted by atomic mass is 10.1. The third-order valence-corrected chi connectivity index (χ3v) is 3.88. The number of H-pyrrole nitrogens is 2. The van der Waals surface area contributed by atoms with Crippen molar-refractivity contribution < 1.29 is 9.59 Å². The van der Waals surface area contributed by atoms with Crippen LogP contribution in [0.15, 0.2) is 35.3 Å². The van der Waals surface area contributed by atoms with E-state index in [4.69, 9.17) is 0 Å². The van der Waals surface area contributed by atoms with Crippen molar-refractivity contribution in [2.75, 3.05) is 0 Å². The van der Waals surface area contributed by atoms with Crippen molar-refractivity contribution in [1.82, 2.24) is 25.1 Å². The number of nitrogens with one attached hydrogen (secondary N) is 3. The fraction of sp³-hybridized carbons (Fsp3) is 0.294. The first-order valence-electron chi connectivity index (χ1n) is 8.09. The summed E-state index contributed by atoms with van der Waals surface area (Å²) in [5.74, 6) is 0.195. The summed E-state index contributed by atoms with van der Waals surface area (Å²) in [5.41, 5.74) is 1.06. The molecule has 0 radical (unpaired) electrons. The van der Waals surface area contributed by atoms with Crippen LogP contribution in [-0.4, -0.2) is 31.4 Å². The molecule has 0 atom stereocenters. The van der Waals surface area contributed by atoms with Crippen LogP contribution >= 0.6 is 0 Å². The molecule has 0 aliphatic heterocycles. The molecule has 1 amide bonds. The van der Waals surface area contributed by atoms with E-state index in [1.165, 1.54) is 0 Å². The van der Waals surface area contributed by atoms with Crippen molar-refractivity contribution in [1.29, 1.82) is 0 Å². The van der Waals surface area contributed by atoms with Gasteiger partial charge in [-0.25, -0.2) is 9.89 Å². The quantitative estimate of drug-likeness (QED) is 0.563. The van der Waals surface area contributed by atoms with E-state index in [1.54, 1.807) is 10.8 Å². The van der Waals surface area contributed by atoms with Gasteiger partial charge in [0.25, 0.3) is 0 Å². The zero-order chi connectivity index (χ0) is 17.8. The van der Waals surface area contributed by atoms with E-state index in [1.807, 2.05) is 31.2 Å². The first-order valence-corrected chi connectivity index (χ1v) is 8.09. The fourth-order valence-corrected chi connectivity index (χ4v) is 2.74. The maximum atomic E-state index is 12.3. The number of rotatable bonds is 7. The largest absolute Gasteiger partial charge is 0.347 e. The van der Waals surface area contributed by atoms with Crippen LogP contribution in [0, 0.1) is 0 Å². The maximum absolute atomic E-state index is 12.3. The van der Waals surface area contributed by atoms with Crippen LogP contribution in [0.2, 0.25) is 0 Å². The molecule has 0 aliphatic rings. The summed E-state index contributed by atoms with van der Waals surface area (Å²) in [5, 5.41) is 9.52. The van der Waals surface area contributed by atoms with Gasteiger partial charge in [0, 0.05) is 29.1 Å². The molecule has 0 unspecified atom stereocenters. The highest BCUT2D eigenvalue weighted by Crippen LogP contribution is 2.23. The Hall–Kier alpha value is -3.16. The zero-order valence-electron chi connectivity index (χ0n) is 13.8. The van der Waals surface area contributed by atoms with Gasteiger partial charge in [-0.2, -0.15) is 5.10 Å². The van der Waals surface area contributed by atoms with Gasteiger partial charge in [-0.15, -0.1) is 0 Å². The second kappa shape index (κ2) is 7.16. The van der Waals surface area contributed by atoms with Crippen LogP contribution in [0.25, 0.3) is 10.9 Å². The minimum absolute atomic E-state index is 0.0759. The van der Waals surface area contributed by atoms with Crippen LogP contribution in [-0.2, 0) is 17.9 Å². The topological polar surface area (TPSA) is 113 Å². The maximum Gasteiger partial charge on any atom is 0.340 e. The lowest BCUT2D eigenvalue weighted by molar-refractivity contribution is -0.121. The van der Waals surface area contributed by atoms with Crippen molar-refractivity contribution in [2.24, 2.45) is 0 Å². The summed E-state index contributed by atoms with van der Waals surface area (Å²) in [6.45, 7) is 2.16. The highest BCUT2D eigenvalue weighted by atomic mass is 16.2. The predicted molar refractivity (Wildman–Crippen MR) is 92.2 cm³/mol. The second-order valence-electron chi connectivity index (χ2n) is 5.76. The number of nitrogens with zero attached hydrogens (tertiary/aromatic N) is 2. The first kappa shape index (κ1) is 16.7. The van der Waals surface area contributed by atoms with Crippen LogP contribution in [0.1, 0.15) is 35.9 Å². The number of carbonyl (C=O) groups excluding carboxylic acids is 2.